The first-order valence-corrected chi connectivity index (χ1v) is 10.4. The summed E-state index contributed by atoms with van der Waals surface area (Å²) in [5.74, 6) is -1.72. The number of amides is 3. The van der Waals surface area contributed by atoms with Crippen molar-refractivity contribution < 1.29 is 18.8 Å². The van der Waals surface area contributed by atoms with Crippen LogP contribution in [0.15, 0.2) is 54.6 Å². The molecule has 1 heterocycles. The van der Waals surface area contributed by atoms with E-state index < -0.39 is 11.7 Å². The third-order valence-electron chi connectivity index (χ3n) is 4.31. The Hall–Kier alpha value is -3.23. The van der Waals surface area contributed by atoms with Crippen molar-refractivity contribution in [1.82, 2.24) is 4.90 Å². The lowest BCUT2D eigenvalue weighted by Crippen LogP contribution is -2.34. The molecular formula is C22H19ClFN3O3S. The fourth-order valence-corrected chi connectivity index (χ4v) is 4.11. The van der Waals surface area contributed by atoms with Crippen LogP contribution < -0.4 is 10.6 Å². The van der Waals surface area contributed by atoms with Gasteiger partial charge >= 0.3 is 0 Å². The number of rotatable bonds is 6. The normalized spacial score (nSPS) is 10.5. The largest absolute Gasteiger partial charge is 0.332 e. The zero-order valence-corrected chi connectivity index (χ0v) is 18.3. The summed E-state index contributed by atoms with van der Waals surface area (Å²) in [6, 6.07) is 14.1. The molecule has 0 bridgehead atoms. The fraction of sp³-hybridized carbons (Fsp3) is 0.136. The standard InChI is InChI=1S/C22H19ClFN3O3S/c1-13-10-19(26-21(29)16-9-8-14(24)11-17(16)23)31-20(13)22(30)27(2)12-18(28)25-15-6-4-3-5-7-15/h3-11H,12H2,1-2H3,(H,25,28)(H,26,29). The molecule has 0 fully saturated rings. The van der Waals surface area contributed by atoms with Gasteiger partial charge in [-0.25, -0.2) is 4.39 Å². The molecule has 0 saturated heterocycles. The first kappa shape index (κ1) is 22.5. The maximum atomic E-state index is 13.2. The van der Waals surface area contributed by atoms with Crippen molar-refractivity contribution in [1.29, 1.82) is 0 Å². The van der Waals surface area contributed by atoms with E-state index in [1.54, 1.807) is 37.3 Å². The Labute approximate surface area is 187 Å². The van der Waals surface area contributed by atoms with Gasteiger partial charge < -0.3 is 15.5 Å². The molecule has 2 N–H and O–H groups in total. The lowest BCUT2D eigenvalue weighted by atomic mass is 10.2. The van der Waals surface area contributed by atoms with Crippen molar-refractivity contribution in [2.24, 2.45) is 0 Å². The first-order chi connectivity index (χ1) is 14.7. The van der Waals surface area contributed by atoms with E-state index in [1.165, 1.54) is 18.0 Å². The number of likely N-dealkylation sites (N-methyl/N-ethyl adjacent to an activating group) is 1. The summed E-state index contributed by atoms with van der Waals surface area (Å²) in [5, 5.41) is 5.83. The van der Waals surface area contributed by atoms with Crippen molar-refractivity contribution in [3.05, 3.63) is 81.4 Å². The number of anilines is 2. The third kappa shape index (κ3) is 5.68. The highest BCUT2D eigenvalue weighted by Gasteiger charge is 2.21. The molecule has 2 aromatic carbocycles. The SMILES string of the molecule is Cc1cc(NC(=O)c2ccc(F)cc2Cl)sc1C(=O)N(C)CC(=O)Nc1ccccc1. The van der Waals surface area contributed by atoms with Gasteiger partial charge in [-0.05, 0) is 48.9 Å². The summed E-state index contributed by atoms with van der Waals surface area (Å²) in [6.07, 6.45) is 0. The van der Waals surface area contributed by atoms with Gasteiger partial charge in [-0.15, -0.1) is 11.3 Å². The Morgan fingerprint density at radius 1 is 1.06 bits per heavy atom. The second-order valence-corrected chi connectivity index (χ2v) is 8.24. The Morgan fingerprint density at radius 3 is 2.45 bits per heavy atom. The number of halogens is 2. The fourth-order valence-electron chi connectivity index (χ4n) is 2.79. The topological polar surface area (TPSA) is 78.5 Å². The second-order valence-electron chi connectivity index (χ2n) is 6.78. The van der Waals surface area contributed by atoms with E-state index in [0.717, 1.165) is 23.5 Å². The Bertz CT molecular complexity index is 1130. The smallest absolute Gasteiger partial charge is 0.264 e. The molecule has 0 aliphatic carbocycles. The molecule has 0 unspecified atom stereocenters. The minimum Gasteiger partial charge on any atom is -0.332 e. The van der Waals surface area contributed by atoms with Gasteiger partial charge in [0.2, 0.25) is 5.91 Å². The van der Waals surface area contributed by atoms with Crippen molar-refractivity contribution in [3.63, 3.8) is 0 Å². The Kier molecular flexibility index (Phi) is 7.04. The quantitative estimate of drug-likeness (QED) is 0.555. The molecule has 0 spiro atoms. The number of carbonyl (C=O) groups is 3. The van der Waals surface area contributed by atoms with Gasteiger partial charge in [0.05, 0.1) is 27.0 Å². The van der Waals surface area contributed by atoms with Gasteiger partial charge in [-0.2, -0.15) is 0 Å². The summed E-state index contributed by atoms with van der Waals surface area (Å²) < 4.78 is 13.2. The lowest BCUT2D eigenvalue weighted by molar-refractivity contribution is -0.116. The van der Waals surface area contributed by atoms with Gasteiger partial charge in [-0.1, -0.05) is 29.8 Å². The molecule has 0 aliphatic rings. The van der Waals surface area contributed by atoms with E-state index in [1.807, 2.05) is 6.07 Å². The molecule has 3 amide bonds. The molecule has 160 valence electrons. The third-order valence-corrected chi connectivity index (χ3v) is 5.76. The van der Waals surface area contributed by atoms with E-state index in [2.05, 4.69) is 10.6 Å². The first-order valence-electron chi connectivity index (χ1n) is 9.22. The number of benzene rings is 2. The molecule has 3 aromatic rings. The zero-order chi connectivity index (χ0) is 22.5. The molecule has 31 heavy (non-hydrogen) atoms. The van der Waals surface area contributed by atoms with E-state index in [4.69, 9.17) is 11.6 Å². The summed E-state index contributed by atoms with van der Waals surface area (Å²) in [4.78, 5) is 39.1. The number of hydrogen-bond acceptors (Lipinski definition) is 4. The predicted molar refractivity (Wildman–Crippen MR) is 120 cm³/mol. The van der Waals surface area contributed by atoms with Gasteiger partial charge in [0.25, 0.3) is 11.8 Å². The minimum absolute atomic E-state index is 0.00811. The Morgan fingerprint density at radius 2 is 1.77 bits per heavy atom. The van der Waals surface area contributed by atoms with Crippen LogP contribution in [0.3, 0.4) is 0 Å². The van der Waals surface area contributed by atoms with Crippen LogP contribution >= 0.6 is 22.9 Å². The summed E-state index contributed by atoms with van der Waals surface area (Å²) in [5.41, 5.74) is 1.42. The number of aryl methyl sites for hydroxylation is 1. The molecule has 9 heteroatoms. The predicted octanol–water partition coefficient (Wildman–Crippen LogP) is 4.81. The highest BCUT2D eigenvalue weighted by molar-refractivity contribution is 7.18. The highest BCUT2D eigenvalue weighted by atomic mass is 35.5. The Balaban J connectivity index is 1.65. The van der Waals surface area contributed by atoms with Crippen LogP contribution in [0.1, 0.15) is 25.6 Å². The molecular weight excluding hydrogens is 441 g/mol. The lowest BCUT2D eigenvalue weighted by Gasteiger charge is -2.16. The van der Waals surface area contributed by atoms with Crippen molar-refractivity contribution >= 4 is 51.3 Å². The van der Waals surface area contributed by atoms with Gasteiger partial charge in [0.1, 0.15) is 5.82 Å². The van der Waals surface area contributed by atoms with Crippen LogP contribution in [0.5, 0.6) is 0 Å². The number of para-hydroxylation sites is 1. The highest BCUT2D eigenvalue weighted by Crippen LogP contribution is 2.29. The number of hydrogen-bond donors (Lipinski definition) is 2. The average Bonchev–Trinajstić information content (AvgIpc) is 3.07. The van der Waals surface area contributed by atoms with Gasteiger partial charge in [0, 0.05) is 12.7 Å². The van der Waals surface area contributed by atoms with Crippen LogP contribution in [0, 0.1) is 12.7 Å². The van der Waals surface area contributed by atoms with E-state index >= 15 is 0 Å². The van der Waals surface area contributed by atoms with Crippen molar-refractivity contribution in [2.75, 3.05) is 24.2 Å². The van der Waals surface area contributed by atoms with Crippen LogP contribution in [-0.4, -0.2) is 36.2 Å². The second kappa shape index (κ2) is 9.72. The number of thiophene rings is 1. The van der Waals surface area contributed by atoms with E-state index in [0.29, 0.717) is 21.1 Å². The van der Waals surface area contributed by atoms with Gasteiger partial charge in [0.15, 0.2) is 0 Å². The summed E-state index contributed by atoms with van der Waals surface area (Å²) in [6.45, 7) is 1.61. The molecule has 6 nitrogen and oxygen atoms in total. The molecule has 3 rings (SSSR count). The molecule has 1 aromatic heterocycles. The van der Waals surface area contributed by atoms with Crippen molar-refractivity contribution in [2.45, 2.75) is 6.92 Å². The van der Waals surface area contributed by atoms with Crippen molar-refractivity contribution in [3.8, 4) is 0 Å². The van der Waals surface area contributed by atoms with Crippen LogP contribution in [0.2, 0.25) is 5.02 Å². The number of nitrogens with zero attached hydrogens (tertiary/aromatic N) is 1. The zero-order valence-electron chi connectivity index (χ0n) is 16.7. The molecule has 0 radical (unpaired) electrons. The molecule has 0 aliphatic heterocycles. The number of nitrogens with one attached hydrogen (secondary N) is 2. The summed E-state index contributed by atoms with van der Waals surface area (Å²) >= 11 is 7.02. The van der Waals surface area contributed by atoms with Crippen LogP contribution in [-0.2, 0) is 4.79 Å². The van der Waals surface area contributed by atoms with E-state index in [9.17, 15) is 18.8 Å². The minimum atomic E-state index is -0.541. The summed E-state index contributed by atoms with van der Waals surface area (Å²) in [7, 11) is 1.53. The molecule has 0 saturated carbocycles. The number of carbonyl (C=O) groups excluding carboxylic acids is 3. The van der Waals surface area contributed by atoms with E-state index in [-0.39, 0.29) is 28.9 Å². The molecule has 0 atom stereocenters. The van der Waals surface area contributed by atoms with Crippen LogP contribution in [0.4, 0.5) is 15.1 Å². The van der Waals surface area contributed by atoms with Gasteiger partial charge in [-0.3, -0.25) is 14.4 Å². The maximum Gasteiger partial charge on any atom is 0.264 e. The average molecular weight is 460 g/mol. The monoisotopic (exact) mass is 459 g/mol. The maximum absolute atomic E-state index is 13.2. The van der Waals surface area contributed by atoms with Crippen LogP contribution in [0.25, 0.3) is 0 Å².